The van der Waals surface area contributed by atoms with E-state index in [2.05, 4.69) is 93.8 Å². The smallest absolute Gasteiger partial charge is 0.130 e. The highest BCUT2D eigenvalue weighted by Gasteiger charge is 2.23. The first kappa shape index (κ1) is 29.7. The van der Waals surface area contributed by atoms with Crippen LogP contribution in [-0.4, -0.2) is 23.1 Å². The molecule has 1 aliphatic heterocycles. The fourth-order valence-electron chi connectivity index (χ4n) is 4.56. The highest BCUT2D eigenvalue weighted by atomic mass is 127. The third kappa shape index (κ3) is 10.9. The number of rotatable bonds is 1. The lowest BCUT2D eigenvalue weighted by atomic mass is 9.84. The van der Waals surface area contributed by atoms with Gasteiger partial charge in [0.1, 0.15) is 11.0 Å². The van der Waals surface area contributed by atoms with Gasteiger partial charge < -0.3 is 4.90 Å². The molecule has 0 spiro atoms. The van der Waals surface area contributed by atoms with Crippen molar-refractivity contribution in [3.8, 4) is 0 Å². The number of piperidine rings is 1. The Kier molecular flexibility index (Phi) is 13.4. The minimum atomic E-state index is 0.476. The van der Waals surface area contributed by atoms with Gasteiger partial charge in [-0.25, -0.2) is 9.97 Å². The first-order valence-electron chi connectivity index (χ1n) is 11.6. The predicted octanol–water partition coefficient (Wildman–Crippen LogP) is 9.65. The molecule has 0 N–H and O–H groups in total. The van der Waals surface area contributed by atoms with E-state index in [0.29, 0.717) is 10.2 Å². The highest BCUT2D eigenvalue weighted by molar-refractivity contribution is 14.1. The zero-order valence-electron chi connectivity index (χ0n) is 19.8. The number of hydrogen-bond donors (Lipinski definition) is 0. The number of halogens is 5. The van der Waals surface area contributed by atoms with Crippen LogP contribution >= 0.6 is 80.0 Å². The summed E-state index contributed by atoms with van der Waals surface area (Å²) in [6.45, 7) is 11.6. The molecule has 1 saturated carbocycles. The van der Waals surface area contributed by atoms with Gasteiger partial charge in [-0.05, 0) is 93.8 Å². The molecule has 2 aliphatic rings. The molecule has 0 unspecified atom stereocenters. The number of nitrogens with zero attached hydrogens (tertiary/aromatic N) is 3. The molecule has 0 bridgehead atoms. The highest BCUT2D eigenvalue weighted by Crippen LogP contribution is 2.28. The van der Waals surface area contributed by atoms with Crippen molar-refractivity contribution in [3.63, 3.8) is 0 Å². The molecule has 33 heavy (non-hydrogen) atoms. The SMILES string of the molecule is C[C@@H]1CCC[C@H](C)C1.C[C@@H]1C[C@H](C)CN(c2cc(I)c(Cl)cn2)C1.Clc1cc(I)c(Cl)cn1. The summed E-state index contributed by atoms with van der Waals surface area (Å²) in [6.07, 6.45) is 10.5. The quantitative estimate of drug-likeness (QED) is 0.216. The third-order valence-electron chi connectivity index (χ3n) is 5.96. The summed E-state index contributed by atoms with van der Waals surface area (Å²) in [7, 11) is 0. The van der Waals surface area contributed by atoms with E-state index in [1.54, 1.807) is 12.3 Å². The number of anilines is 1. The molecule has 3 heterocycles. The number of pyridine rings is 2. The molecule has 8 heteroatoms. The van der Waals surface area contributed by atoms with Gasteiger partial charge in [-0.2, -0.15) is 0 Å². The zero-order valence-corrected chi connectivity index (χ0v) is 26.4. The van der Waals surface area contributed by atoms with Crippen LogP contribution in [0.15, 0.2) is 24.5 Å². The average Bonchev–Trinajstić information content (AvgIpc) is 2.73. The van der Waals surface area contributed by atoms with Gasteiger partial charge in [0.25, 0.3) is 0 Å². The largest absolute Gasteiger partial charge is 0.356 e. The van der Waals surface area contributed by atoms with Crippen molar-refractivity contribution in [2.24, 2.45) is 23.7 Å². The lowest BCUT2D eigenvalue weighted by Crippen LogP contribution is -2.39. The van der Waals surface area contributed by atoms with E-state index < -0.39 is 0 Å². The first-order valence-corrected chi connectivity index (χ1v) is 14.9. The molecule has 4 atom stereocenters. The van der Waals surface area contributed by atoms with Crippen molar-refractivity contribution >= 4 is 85.8 Å². The second-order valence-corrected chi connectivity index (χ2v) is 13.1. The van der Waals surface area contributed by atoms with Crippen LogP contribution in [0, 0.1) is 30.8 Å². The summed E-state index contributed by atoms with van der Waals surface area (Å²) in [5.74, 6) is 4.59. The van der Waals surface area contributed by atoms with E-state index >= 15 is 0 Å². The number of aromatic nitrogens is 2. The monoisotopic (exact) mass is 735 g/mol. The lowest BCUT2D eigenvalue weighted by Gasteiger charge is -2.35. The van der Waals surface area contributed by atoms with Gasteiger partial charge >= 0.3 is 0 Å². The summed E-state index contributed by atoms with van der Waals surface area (Å²) >= 11 is 21.5. The Balaban J connectivity index is 0.000000192. The van der Waals surface area contributed by atoms with E-state index in [-0.39, 0.29) is 0 Å². The first-order chi connectivity index (χ1) is 15.5. The molecule has 1 aliphatic carbocycles. The van der Waals surface area contributed by atoms with E-state index in [1.165, 1.54) is 38.3 Å². The van der Waals surface area contributed by atoms with Crippen LogP contribution in [0.2, 0.25) is 15.2 Å². The number of hydrogen-bond acceptors (Lipinski definition) is 3. The Bertz CT molecular complexity index is 866. The normalized spacial score (nSPS) is 24.8. The lowest BCUT2D eigenvalue weighted by molar-refractivity contribution is 0.301. The fourth-order valence-corrected chi connectivity index (χ4v) is 5.96. The summed E-state index contributed by atoms with van der Waals surface area (Å²) < 4.78 is 2.00. The molecule has 0 amide bonds. The second kappa shape index (κ2) is 14.9. The summed E-state index contributed by atoms with van der Waals surface area (Å²) in [5.41, 5.74) is 0. The molecular weight excluding hydrogens is 702 g/mol. The minimum absolute atomic E-state index is 0.476. The van der Waals surface area contributed by atoms with E-state index in [1.807, 2.05) is 0 Å². The van der Waals surface area contributed by atoms with Crippen LogP contribution < -0.4 is 4.90 Å². The maximum absolute atomic E-state index is 5.99. The maximum Gasteiger partial charge on any atom is 0.130 e. The standard InChI is InChI=1S/C12H16ClIN2.C8H16.C5H2Cl2IN/c1-8-3-9(2)7-16(6-8)12-4-11(14)10(13)5-15-12;1-7-4-3-5-8(2)6-7;6-3-2-9-5(7)1-4(3)8/h4-5,8-9H,3,6-7H2,1-2H3;7-8H,3-6H2,1-2H3;1-2H/t8-,9+;7-,8+;. The molecule has 184 valence electrons. The molecule has 0 radical (unpaired) electrons. The molecule has 1 saturated heterocycles. The Labute approximate surface area is 242 Å². The molecule has 0 aromatic carbocycles. The minimum Gasteiger partial charge on any atom is -0.356 e. The fraction of sp³-hybridized carbons (Fsp3) is 0.600. The van der Waals surface area contributed by atoms with Gasteiger partial charge in [0.15, 0.2) is 0 Å². The van der Waals surface area contributed by atoms with Crippen LogP contribution in [0.4, 0.5) is 5.82 Å². The molecule has 3 nitrogen and oxygen atoms in total. The van der Waals surface area contributed by atoms with Crippen molar-refractivity contribution in [3.05, 3.63) is 46.9 Å². The predicted molar refractivity (Wildman–Crippen MR) is 161 cm³/mol. The van der Waals surface area contributed by atoms with Crippen LogP contribution in [0.3, 0.4) is 0 Å². The van der Waals surface area contributed by atoms with Gasteiger partial charge in [0, 0.05) is 32.6 Å². The Morgan fingerprint density at radius 3 is 1.67 bits per heavy atom. The Morgan fingerprint density at radius 1 is 0.758 bits per heavy atom. The van der Waals surface area contributed by atoms with Gasteiger partial charge in [0.2, 0.25) is 0 Å². The molecule has 4 rings (SSSR count). The van der Waals surface area contributed by atoms with Crippen molar-refractivity contribution in [2.75, 3.05) is 18.0 Å². The molecular formula is C25H34Cl3I2N3. The van der Waals surface area contributed by atoms with Gasteiger partial charge in [-0.3, -0.25) is 0 Å². The summed E-state index contributed by atoms with van der Waals surface area (Å²) in [4.78, 5) is 10.6. The van der Waals surface area contributed by atoms with Crippen LogP contribution in [0.25, 0.3) is 0 Å². The van der Waals surface area contributed by atoms with Gasteiger partial charge in [0.05, 0.1) is 10.0 Å². The maximum atomic E-state index is 5.99. The van der Waals surface area contributed by atoms with Gasteiger partial charge in [-0.1, -0.05) is 81.8 Å². The van der Waals surface area contributed by atoms with Crippen LogP contribution in [0.1, 0.15) is 59.8 Å². The van der Waals surface area contributed by atoms with E-state index in [9.17, 15) is 0 Å². The summed E-state index contributed by atoms with van der Waals surface area (Å²) in [6, 6.07) is 3.79. The van der Waals surface area contributed by atoms with E-state index in [4.69, 9.17) is 34.8 Å². The third-order valence-corrected chi connectivity index (χ3v) is 9.19. The molecule has 2 fully saturated rings. The molecule has 2 aromatic rings. The molecule has 2 aromatic heterocycles. The Morgan fingerprint density at radius 2 is 1.24 bits per heavy atom. The van der Waals surface area contributed by atoms with Crippen molar-refractivity contribution < 1.29 is 0 Å². The van der Waals surface area contributed by atoms with Crippen LogP contribution in [0.5, 0.6) is 0 Å². The Hall–Kier alpha value is 0.430. The van der Waals surface area contributed by atoms with Gasteiger partial charge in [-0.15, -0.1) is 0 Å². The topological polar surface area (TPSA) is 29.0 Å². The average molecular weight is 737 g/mol. The van der Waals surface area contributed by atoms with Crippen molar-refractivity contribution in [2.45, 2.75) is 59.8 Å². The van der Waals surface area contributed by atoms with E-state index in [0.717, 1.165) is 54.7 Å². The van der Waals surface area contributed by atoms with Crippen molar-refractivity contribution in [1.29, 1.82) is 0 Å². The van der Waals surface area contributed by atoms with Crippen molar-refractivity contribution in [1.82, 2.24) is 9.97 Å². The van der Waals surface area contributed by atoms with Crippen LogP contribution in [-0.2, 0) is 0 Å². The second-order valence-electron chi connectivity index (χ2n) is 9.61. The zero-order chi connectivity index (χ0) is 24.5. The summed E-state index contributed by atoms with van der Waals surface area (Å²) in [5, 5.41) is 1.85.